The third-order valence-corrected chi connectivity index (χ3v) is 5.07. The summed E-state index contributed by atoms with van der Waals surface area (Å²) in [5.74, 6) is 0.656. The van der Waals surface area contributed by atoms with Crippen LogP contribution in [0.15, 0.2) is 36.5 Å². The van der Waals surface area contributed by atoms with E-state index in [2.05, 4.69) is 51.1 Å². The van der Waals surface area contributed by atoms with Gasteiger partial charge in [-0.25, -0.2) is 9.97 Å². The summed E-state index contributed by atoms with van der Waals surface area (Å²) < 4.78 is 0. The summed E-state index contributed by atoms with van der Waals surface area (Å²) in [4.78, 5) is 28.0. The lowest BCUT2D eigenvalue weighted by atomic mass is 10.0. The maximum absolute atomic E-state index is 12.7. The van der Waals surface area contributed by atoms with Gasteiger partial charge >= 0.3 is 0 Å². The molecule has 1 fully saturated rings. The smallest absolute Gasteiger partial charge is 0.272 e. The Morgan fingerprint density at radius 2 is 1.76 bits per heavy atom. The first kappa shape index (κ1) is 16.0. The summed E-state index contributed by atoms with van der Waals surface area (Å²) in [7, 11) is 2.08. The first-order valence-corrected chi connectivity index (χ1v) is 8.83. The number of fused-ring (bicyclic) bond motifs is 1. The largest absolute Gasteiger partial charge is 0.336 e. The molecule has 1 saturated heterocycles. The highest BCUT2D eigenvalue weighted by Gasteiger charge is 2.23. The molecule has 3 heterocycles. The molecule has 6 nitrogen and oxygen atoms in total. The highest BCUT2D eigenvalue weighted by atomic mass is 16.2. The van der Waals surface area contributed by atoms with Gasteiger partial charge in [0.15, 0.2) is 0 Å². The second kappa shape index (κ2) is 6.80. The van der Waals surface area contributed by atoms with Gasteiger partial charge in [0.05, 0.1) is 0 Å². The number of piperazine rings is 1. The molecule has 0 atom stereocenters. The molecule has 2 aliphatic heterocycles. The monoisotopic (exact) mass is 337 g/mol. The van der Waals surface area contributed by atoms with Gasteiger partial charge in [-0.3, -0.25) is 4.79 Å². The fourth-order valence-electron chi connectivity index (χ4n) is 3.46. The molecule has 1 amide bonds. The molecule has 0 spiro atoms. The molecule has 6 heteroatoms. The fourth-order valence-corrected chi connectivity index (χ4v) is 3.46. The first-order valence-electron chi connectivity index (χ1n) is 8.83. The number of amides is 1. The van der Waals surface area contributed by atoms with Gasteiger partial charge in [-0.2, -0.15) is 0 Å². The van der Waals surface area contributed by atoms with E-state index in [0.29, 0.717) is 11.6 Å². The molecular formula is C19H23N5O. The Morgan fingerprint density at radius 3 is 2.56 bits per heavy atom. The van der Waals surface area contributed by atoms with Crippen molar-refractivity contribution in [2.45, 2.75) is 13.0 Å². The van der Waals surface area contributed by atoms with E-state index in [9.17, 15) is 4.79 Å². The van der Waals surface area contributed by atoms with Crippen LogP contribution in [0.25, 0.3) is 0 Å². The van der Waals surface area contributed by atoms with Crippen molar-refractivity contribution in [3.8, 4) is 0 Å². The van der Waals surface area contributed by atoms with Crippen molar-refractivity contribution >= 4 is 11.9 Å². The molecule has 4 rings (SSSR count). The highest BCUT2D eigenvalue weighted by molar-refractivity contribution is 5.92. The molecule has 0 radical (unpaired) electrons. The van der Waals surface area contributed by atoms with Crippen molar-refractivity contribution in [1.29, 1.82) is 0 Å². The number of nitrogens with zero attached hydrogens (tertiary/aromatic N) is 5. The van der Waals surface area contributed by atoms with Gasteiger partial charge in [-0.1, -0.05) is 24.3 Å². The van der Waals surface area contributed by atoms with Gasteiger partial charge in [0, 0.05) is 45.5 Å². The Kier molecular flexibility index (Phi) is 4.36. The normalized spacial score (nSPS) is 18.1. The van der Waals surface area contributed by atoms with Gasteiger partial charge in [0.1, 0.15) is 5.69 Å². The number of hydrogen-bond acceptors (Lipinski definition) is 5. The third kappa shape index (κ3) is 3.35. The minimum atomic E-state index is 0.00848. The maximum atomic E-state index is 12.7. The zero-order chi connectivity index (χ0) is 17.2. The summed E-state index contributed by atoms with van der Waals surface area (Å²) in [6.45, 7) is 5.00. The predicted molar refractivity (Wildman–Crippen MR) is 96.6 cm³/mol. The Hall–Kier alpha value is -2.47. The number of anilines is 1. The van der Waals surface area contributed by atoms with Crippen LogP contribution < -0.4 is 4.90 Å². The maximum Gasteiger partial charge on any atom is 0.272 e. The van der Waals surface area contributed by atoms with Crippen LogP contribution in [0.5, 0.6) is 0 Å². The summed E-state index contributed by atoms with van der Waals surface area (Å²) in [5.41, 5.74) is 3.20. The molecule has 0 unspecified atom stereocenters. The zero-order valence-corrected chi connectivity index (χ0v) is 14.6. The predicted octanol–water partition coefficient (Wildman–Crippen LogP) is 1.43. The lowest BCUT2D eigenvalue weighted by Gasteiger charge is -2.32. The highest BCUT2D eigenvalue weighted by Crippen LogP contribution is 2.22. The average Bonchev–Trinajstić information content (AvgIpc) is 2.68. The summed E-state index contributed by atoms with van der Waals surface area (Å²) in [6.07, 6.45) is 2.68. The zero-order valence-electron chi connectivity index (χ0n) is 14.6. The quantitative estimate of drug-likeness (QED) is 0.830. The Bertz CT molecular complexity index is 770. The fraction of sp³-hybridized carbons (Fsp3) is 0.421. The third-order valence-electron chi connectivity index (χ3n) is 5.07. The molecule has 2 aromatic rings. The molecule has 1 aromatic heterocycles. The number of rotatable bonds is 2. The van der Waals surface area contributed by atoms with Crippen LogP contribution >= 0.6 is 0 Å². The van der Waals surface area contributed by atoms with Crippen molar-refractivity contribution in [3.05, 3.63) is 53.3 Å². The van der Waals surface area contributed by atoms with Gasteiger partial charge in [-0.15, -0.1) is 0 Å². The molecule has 2 aliphatic rings. The average molecular weight is 337 g/mol. The van der Waals surface area contributed by atoms with Crippen LogP contribution in [-0.2, 0) is 13.0 Å². The number of benzene rings is 1. The van der Waals surface area contributed by atoms with E-state index in [1.165, 1.54) is 11.1 Å². The van der Waals surface area contributed by atoms with Crippen molar-refractivity contribution in [1.82, 2.24) is 19.8 Å². The van der Waals surface area contributed by atoms with Crippen LogP contribution in [0.3, 0.4) is 0 Å². The van der Waals surface area contributed by atoms with E-state index in [1.807, 2.05) is 4.90 Å². The number of likely N-dealkylation sites (N-methyl/N-ethyl adjacent to an activating group) is 1. The molecule has 25 heavy (non-hydrogen) atoms. The van der Waals surface area contributed by atoms with Crippen LogP contribution in [0, 0.1) is 0 Å². The van der Waals surface area contributed by atoms with Gasteiger partial charge in [0.25, 0.3) is 5.91 Å². The van der Waals surface area contributed by atoms with Crippen LogP contribution in [0.4, 0.5) is 5.95 Å². The minimum Gasteiger partial charge on any atom is -0.336 e. The summed E-state index contributed by atoms with van der Waals surface area (Å²) in [6, 6.07) is 10.2. The first-order chi connectivity index (χ1) is 12.2. The molecule has 0 aliphatic carbocycles. The van der Waals surface area contributed by atoms with Gasteiger partial charge in [0.2, 0.25) is 5.95 Å². The molecular weight excluding hydrogens is 314 g/mol. The summed E-state index contributed by atoms with van der Waals surface area (Å²) in [5, 5.41) is 0. The van der Waals surface area contributed by atoms with Gasteiger partial charge in [-0.05, 0) is 30.7 Å². The second-order valence-corrected chi connectivity index (χ2v) is 6.78. The molecule has 0 N–H and O–H groups in total. The molecule has 1 aromatic carbocycles. The minimum absolute atomic E-state index is 0.00848. The Labute approximate surface area is 148 Å². The number of hydrogen-bond donors (Lipinski definition) is 0. The summed E-state index contributed by atoms with van der Waals surface area (Å²) >= 11 is 0. The van der Waals surface area contributed by atoms with Crippen molar-refractivity contribution in [2.24, 2.45) is 0 Å². The topological polar surface area (TPSA) is 52.6 Å². The van der Waals surface area contributed by atoms with Crippen LogP contribution in [-0.4, -0.2) is 65.4 Å². The molecule has 0 saturated carbocycles. The van der Waals surface area contributed by atoms with Crippen LogP contribution in [0.2, 0.25) is 0 Å². The number of carbonyl (C=O) groups is 1. The molecule has 130 valence electrons. The lowest BCUT2D eigenvalue weighted by Crippen LogP contribution is -2.47. The van der Waals surface area contributed by atoms with E-state index in [4.69, 9.17) is 0 Å². The van der Waals surface area contributed by atoms with E-state index < -0.39 is 0 Å². The molecule has 0 bridgehead atoms. The number of carbonyl (C=O) groups excluding carboxylic acids is 1. The van der Waals surface area contributed by atoms with E-state index in [0.717, 1.165) is 45.7 Å². The van der Waals surface area contributed by atoms with Crippen molar-refractivity contribution < 1.29 is 4.79 Å². The second-order valence-electron chi connectivity index (χ2n) is 6.78. The number of aromatic nitrogens is 2. The van der Waals surface area contributed by atoms with E-state index in [-0.39, 0.29) is 5.91 Å². The van der Waals surface area contributed by atoms with E-state index >= 15 is 0 Å². The lowest BCUT2D eigenvalue weighted by molar-refractivity contribution is 0.0658. The van der Waals surface area contributed by atoms with Crippen molar-refractivity contribution in [2.75, 3.05) is 44.7 Å². The van der Waals surface area contributed by atoms with Gasteiger partial charge < -0.3 is 14.7 Å². The standard InChI is InChI=1S/C19H23N5O/c1-22-10-12-23(13-11-22)18(25)17-6-8-20-19(21-17)24-9-7-15-4-2-3-5-16(15)14-24/h2-6,8H,7,9-14H2,1H3. The van der Waals surface area contributed by atoms with E-state index in [1.54, 1.807) is 12.3 Å². The Morgan fingerprint density at radius 1 is 1.00 bits per heavy atom. The Balaban J connectivity index is 1.51. The van der Waals surface area contributed by atoms with Crippen LogP contribution in [0.1, 0.15) is 21.6 Å². The van der Waals surface area contributed by atoms with Crippen molar-refractivity contribution in [3.63, 3.8) is 0 Å². The SMILES string of the molecule is CN1CCN(C(=O)c2ccnc(N3CCc4ccccc4C3)n2)CC1.